The Morgan fingerprint density at radius 1 is 1.71 bits per heavy atom. The number of ether oxygens (including phenoxy) is 1. The van der Waals surface area contributed by atoms with Gasteiger partial charge in [0.2, 0.25) is 0 Å². The van der Waals surface area contributed by atoms with Crippen LogP contribution in [0.15, 0.2) is 0 Å². The summed E-state index contributed by atoms with van der Waals surface area (Å²) in [5.74, 6) is 0. The Morgan fingerprint density at radius 3 is 2.14 bits per heavy atom. The molecule has 0 aliphatic carbocycles. The summed E-state index contributed by atoms with van der Waals surface area (Å²) in [6.45, 7) is 4.01. The zero-order chi connectivity index (χ0) is 4.99. The van der Waals surface area contributed by atoms with Crippen LogP contribution in [0.2, 0.25) is 0 Å². The molecular formula is C4H10NdO2. The molecule has 0 spiro atoms. The molecule has 0 radical (unpaired) electrons. The third-order valence-electron chi connectivity index (χ3n) is 0.408. The zero-order valence-electron chi connectivity index (χ0n) is 4.64. The Balaban J connectivity index is 0. The van der Waals surface area contributed by atoms with Crippen LogP contribution in [-0.4, -0.2) is 18.0 Å². The van der Waals surface area contributed by atoms with Crippen LogP contribution < -0.4 is 0 Å². The first-order valence-electron chi connectivity index (χ1n) is 2.07. The van der Waals surface area contributed by atoms with Gasteiger partial charge in [0.25, 0.3) is 0 Å². The number of rotatable bonds is 2. The molecule has 1 unspecified atom stereocenters. The van der Waals surface area contributed by atoms with Crippen LogP contribution in [-0.2, 0) is 4.74 Å². The van der Waals surface area contributed by atoms with Gasteiger partial charge in [-0.2, -0.15) is 0 Å². The molecule has 0 bridgehead atoms. The first-order valence-corrected chi connectivity index (χ1v) is 2.07. The van der Waals surface area contributed by atoms with Gasteiger partial charge >= 0.3 is 0 Å². The molecule has 0 fully saturated rings. The van der Waals surface area contributed by atoms with E-state index in [-0.39, 0.29) is 40.8 Å². The topological polar surface area (TPSA) is 29.5 Å². The molecule has 0 saturated heterocycles. The van der Waals surface area contributed by atoms with Crippen LogP contribution in [0.4, 0.5) is 0 Å². The number of aliphatic hydroxyl groups is 1. The Bertz CT molecular complexity index is 30.9. The van der Waals surface area contributed by atoms with E-state index < -0.39 is 6.29 Å². The van der Waals surface area contributed by atoms with Crippen molar-refractivity contribution in [3.63, 3.8) is 0 Å². The van der Waals surface area contributed by atoms with Crippen molar-refractivity contribution in [1.82, 2.24) is 0 Å². The van der Waals surface area contributed by atoms with Crippen LogP contribution in [0, 0.1) is 40.8 Å². The first-order chi connectivity index (χ1) is 2.77. The smallest absolute Gasteiger partial charge is 0.151 e. The molecule has 0 saturated carbocycles. The van der Waals surface area contributed by atoms with E-state index in [9.17, 15) is 0 Å². The second-order valence-corrected chi connectivity index (χ2v) is 1.05. The molecule has 7 heavy (non-hydrogen) atoms. The van der Waals surface area contributed by atoms with Gasteiger partial charge in [0.1, 0.15) is 0 Å². The second-order valence-electron chi connectivity index (χ2n) is 1.05. The zero-order valence-corrected chi connectivity index (χ0v) is 7.85. The van der Waals surface area contributed by atoms with Crippen molar-refractivity contribution < 1.29 is 50.7 Å². The molecular weight excluding hydrogens is 224 g/mol. The van der Waals surface area contributed by atoms with Crippen molar-refractivity contribution in [3.8, 4) is 0 Å². The molecule has 0 heterocycles. The minimum atomic E-state index is -0.602. The summed E-state index contributed by atoms with van der Waals surface area (Å²) >= 11 is 0. The van der Waals surface area contributed by atoms with E-state index in [2.05, 4.69) is 4.74 Å². The maximum Gasteiger partial charge on any atom is 0.151 e. The molecule has 42 valence electrons. The van der Waals surface area contributed by atoms with Crippen molar-refractivity contribution >= 4 is 0 Å². The van der Waals surface area contributed by atoms with Crippen LogP contribution in [0.3, 0.4) is 0 Å². The quantitative estimate of drug-likeness (QED) is 0.699. The summed E-state index contributed by atoms with van der Waals surface area (Å²) in [5.41, 5.74) is 0. The monoisotopic (exact) mass is 232 g/mol. The van der Waals surface area contributed by atoms with Gasteiger partial charge in [0, 0.05) is 47.4 Å². The molecule has 0 aromatic rings. The van der Waals surface area contributed by atoms with Gasteiger partial charge < -0.3 is 9.84 Å². The van der Waals surface area contributed by atoms with E-state index in [0.29, 0.717) is 6.61 Å². The molecule has 0 aliphatic rings. The van der Waals surface area contributed by atoms with E-state index in [4.69, 9.17) is 5.11 Å². The van der Waals surface area contributed by atoms with Gasteiger partial charge in [-0.15, -0.1) is 0 Å². The standard InChI is InChI=1S/C4H10O2.Nd/c1-3-6-4(2)5;/h4-5H,3H2,1-2H3;. The van der Waals surface area contributed by atoms with E-state index in [1.165, 1.54) is 0 Å². The van der Waals surface area contributed by atoms with E-state index in [1.807, 2.05) is 6.92 Å². The van der Waals surface area contributed by atoms with Crippen molar-refractivity contribution in [1.29, 1.82) is 0 Å². The molecule has 0 aromatic carbocycles. The van der Waals surface area contributed by atoms with E-state index in [1.54, 1.807) is 6.92 Å². The fourth-order valence-electron chi connectivity index (χ4n) is 0.241. The predicted octanol–water partition coefficient (Wildman–Crippen LogP) is 0.361. The third-order valence-corrected chi connectivity index (χ3v) is 0.408. The Kier molecular flexibility index (Phi) is 11.5. The Labute approximate surface area is 76.8 Å². The summed E-state index contributed by atoms with van der Waals surface area (Å²) < 4.78 is 4.60. The average Bonchev–Trinajstić information content (AvgIpc) is 1.35. The Morgan fingerprint density at radius 2 is 2.14 bits per heavy atom. The largest absolute Gasteiger partial charge is 0.368 e. The van der Waals surface area contributed by atoms with Gasteiger partial charge in [-0.1, -0.05) is 0 Å². The van der Waals surface area contributed by atoms with Crippen LogP contribution in [0.1, 0.15) is 13.8 Å². The number of aliphatic hydroxyl groups excluding tert-OH is 1. The van der Waals surface area contributed by atoms with Gasteiger partial charge in [-0.05, 0) is 13.8 Å². The van der Waals surface area contributed by atoms with E-state index >= 15 is 0 Å². The molecule has 1 atom stereocenters. The van der Waals surface area contributed by atoms with Crippen LogP contribution in [0.25, 0.3) is 0 Å². The first kappa shape index (κ1) is 11.1. The van der Waals surface area contributed by atoms with Gasteiger partial charge in [0.05, 0.1) is 0 Å². The maximum absolute atomic E-state index is 8.33. The van der Waals surface area contributed by atoms with Crippen molar-refractivity contribution in [2.24, 2.45) is 0 Å². The summed E-state index contributed by atoms with van der Waals surface area (Å²) in [7, 11) is 0. The number of hydrogen-bond donors (Lipinski definition) is 1. The molecule has 0 rings (SSSR count). The number of hydrogen-bond acceptors (Lipinski definition) is 2. The van der Waals surface area contributed by atoms with E-state index in [0.717, 1.165) is 0 Å². The predicted molar refractivity (Wildman–Crippen MR) is 23.3 cm³/mol. The third kappa shape index (κ3) is 11.1. The molecule has 2 nitrogen and oxygen atoms in total. The Hall–Kier alpha value is 1.27. The maximum atomic E-state index is 8.33. The fraction of sp³-hybridized carbons (Fsp3) is 1.00. The molecule has 3 heteroatoms. The molecule has 0 aromatic heterocycles. The summed E-state index contributed by atoms with van der Waals surface area (Å²) in [5, 5.41) is 8.33. The summed E-state index contributed by atoms with van der Waals surface area (Å²) in [6.07, 6.45) is -0.602. The SMILES string of the molecule is CCOC(C)O.[Nd]. The van der Waals surface area contributed by atoms with Gasteiger partial charge in [-0.25, -0.2) is 0 Å². The van der Waals surface area contributed by atoms with Crippen LogP contribution >= 0.6 is 0 Å². The summed E-state index contributed by atoms with van der Waals surface area (Å²) in [4.78, 5) is 0. The summed E-state index contributed by atoms with van der Waals surface area (Å²) in [6, 6.07) is 0. The van der Waals surface area contributed by atoms with Crippen molar-refractivity contribution in [2.45, 2.75) is 20.1 Å². The normalized spacial score (nSPS) is 12.4. The van der Waals surface area contributed by atoms with Gasteiger partial charge in [-0.3, -0.25) is 0 Å². The fourth-order valence-corrected chi connectivity index (χ4v) is 0.241. The second kappa shape index (κ2) is 7.27. The van der Waals surface area contributed by atoms with Crippen molar-refractivity contribution in [3.05, 3.63) is 0 Å². The molecule has 0 aliphatic heterocycles. The minimum absolute atomic E-state index is 0. The van der Waals surface area contributed by atoms with Crippen molar-refractivity contribution in [2.75, 3.05) is 6.61 Å². The van der Waals surface area contributed by atoms with Gasteiger partial charge in [0.15, 0.2) is 6.29 Å². The molecule has 1 N–H and O–H groups in total. The average molecular weight is 234 g/mol. The molecule has 0 amide bonds. The minimum Gasteiger partial charge on any atom is -0.368 e. The van der Waals surface area contributed by atoms with Crippen LogP contribution in [0.5, 0.6) is 0 Å².